The van der Waals surface area contributed by atoms with Crippen molar-refractivity contribution in [1.29, 1.82) is 0 Å². The predicted molar refractivity (Wildman–Crippen MR) is 101 cm³/mol. The Balaban J connectivity index is 1.63. The maximum Gasteiger partial charge on any atom is 0.240 e. The van der Waals surface area contributed by atoms with E-state index >= 15 is 0 Å². The number of piperazine rings is 1. The lowest BCUT2D eigenvalue weighted by molar-refractivity contribution is -0.145. The Morgan fingerprint density at radius 3 is 2.19 bits per heavy atom. The maximum atomic E-state index is 13.3. The quantitative estimate of drug-likeness (QED) is 0.805. The molecule has 26 heavy (non-hydrogen) atoms. The lowest BCUT2D eigenvalue weighted by Gasteiger charge is -2.44. The lowest BCUT2D eigenvalue weighted by Crippen LogP contribution is -2.60. The first-order chi connectivity index (χ1) is 12.5. The van der Waals surface area contributed by atoms with Crippen LogP contribution >= 0.6 is 0 Å². The Morgan fingerprint density at radius 1 is 1.08 bits per heavy atom. The number of hydrogen-bond donors (Lipinski definition) is 0. The summed E-state index contributed by atoms with van der Waals surface area (Å²) in [7, 11) is 0. The van der Waals surface area contributed by atoms with Crippen LogP contribution in [-0.2, 0) is 9.53 Å². The SMILES string of the molecule is CC(C)[C@@H](C(=O)N1CCN(c2ncccn2)CC1)N1C[C@@H](C)O[C@H](C)C1. The second-order valence-electron chi connectivity index (χ2n) is 7.76. The number of nitrogens with zero attached hydrogens (tertiary/aromatic N) is 5. The van der Waals surface area contributed by atoms with Crippen molar-refractivity contribution in [3.63, 3.8) is 0 Å². The van der Waals surface area contributed by atoms with Crippen molar-refractivity contribution in [1.82, 2.24) is 19.8 Å². The van der Waals surface area contributed by atoms with E-state index in [0.717, 1.165) is 45.2 Å². The summed E-state index contributed by atoms with van der Waals surface area (Å²) in [5, 5.41) is 0. The molecular formula is C19H31N5O2. The lowest BCUT2D eigenvalue weighted by atomic mass is 9.98. The van der Waals surface area contributed by atoms with Gasteiger partial charge in [0.1, 0.15) is 0 Å². The van der Waals surface area contributed by atoms with Gasteiger partial charge >= 0.3 is 0 Å². The molecule has 1 aromatic rings. The molecule has 7 heteroatoms. The van der Waals surface area contributed by atoms with Crippen LogP contribution in [0.2, 0.25) is 0 Å². The largest absolute Gasteiger partial charge is 0.373 e. The summed E-state index contributed by atoms with van der Waals surface area (Å²) in [6, 6.07) is 1.74. The van der Waals surface area contributed by atoms with Crippen molar-refractivity contribution in [3.05, 3.63) is 18.5 Å². The summed E-state index contributed by atoms with van der Waals surface area (Å²) in [6.45, 7) is 13.1. The molecule has 3 heterocycles. The number of morpholine rings is 1. The molecule has 0 aromatic carbocycles. The highest BCUT2D eigenvalue weighted by Crippen LogP contribution is 2.21. The summed E-state index contributed by atoms with van der Waals surface area (Å²) >= 11 is 0. The van der Waals surface area contributed by atoms with Gasteiger partial charge in [-0.2, -0.15) is 0 Å². The van der Waals surface area contributed by atoms with Crippen molar-refractivity contribution in [2.45, 2.75) is 45.9 Å². The Hall–Kier alpha value is -1.73. The van der Waals surface area contributed by atoms with Crippen LogP contribution in [0.1, 0.15) is 27.7 Å². The average molecular weight is 361 g/mol. The monoisotopic (exact) mass is 361 g/mol. The van der Waals surface area contributed by atoms with E-state index in [1.165, 1.54) is 0 Å². The maximum absolute atomic E-state index is 13.3. The minimum Gasteiger partial charge on any atom is -0.373 e. The van der Waals surface area contributed by atoms with Crippen LogP contribution < -0.4 is 4.90 Å². The van der Waals surface area contributed by atoms with Gasteiger partial charge < -0.3 is 14.5 Å². The van der Waals surface area contributed by atoms with E-state index in [9.17, 15) is 4.79 Å². The molecule has 2 fully saturated rings. The van der Waals surface area contributed by atoms with Crippen LogP contribution in [0.5, 0.6) is 0 Å². The summed E-state index contributed by atoms with van der Waals surface area (Å²) in [6.07, 6.45) is 3.85. The third kappa shape index (κ3) is 4.32. The predicted octanol–water partition coefficient (Wildman–Crippen LogP) is 1.26. The Labute approximate surface area is 156 Å². The highest BCUT2D eigenvalue weighted by molar-refractivity contribution is 5.82. The van der Waals surface area contributed by atoms with Crippen molar-refractivity contribution >= 4 is 11.9 Å². The van der Waals surface area contributed by atoms with Crippen molar-refractivity contribution in [3.8, 4) is 0 Å². The molecule has 0 spiro atoms. The van der Waals surface area contributed by atoms with Crippen LogP contribution in [0.15, 0.2) is 18.5 Å². The van der Waals surface area contributed by atoms with Crippen LogP contribution in [0.4, 0.5) is 5.95 Å². The molecule has 2 aliphatic heterocycles. The first kappa shape index (κ1) is 19.0. The molecule has 0 saturated carbocycles. The van der Waals surface area contributed by atoms with Crippen LogP contribution in [0.25, 0.3) is 0 Å². The molecular weight excluding hydrogens is 330 g/mol. The molecule has 1 amide bonds. The molecule has 144 valence electrons. The standard InChI is InChI=1S/C19H31N5O2/c1-14(2)17(24-12-15(3)26-16(4)13-24)18(25)22-8-10-23(11-9-22)19-20-6-5-7-21-19/h5-7,14-17H,8-13H2,1-4H3/t15-,16-,17+/m1/s1. The van der Waals surface area contributed by atoms with Gasteiger partial charge in [-0.15, -0.1) is 0 Å². The minimum atomic E-state index is -0.0803. The van der Waals surface area contributed by atoms with Gasteiger partial charge in [0.25, 0.3) is 0 Å². The van der Waals surface area contributed by atoms with Gasteiger partial charge in [0.2, 0.25) is 11.9 Å². The minimum absolute atomic E-state index is 0.0803. The first-order valence-electron chi connectivity index (χ1n) is 9.66. The Kier molecular flexibility index (Phi) is 6.09. The third-order valence-corrected chi connectivity index (χ3v) is 5.15. The van der Waals surface area contributed by atoms with Crippen LogP contribution in [0.3, 0.4) is 0 Å². The van der Waals surface area contributed by atoms with Crippen molar-refractivity contribution in [2.75, 3.05) is 44.2 Å². The van der Waals surface area contributed by atoms with Gasteiger partial charge in [-0.3, -0.25) is 9.69 Å². The number of amides is 1. The summed E-state index contributed by atoms with van der Waals surface area (Å²) in [5.74, 6) is 1.27. The summed E-state index contributed by atoms with van der Waals surface area (Å²) in [5.41, 5.74) is 0. The smallest absolute Gasteiger partial charge is 0.240 e. The van der Waals surface area contributed by atoms with E-state index in [-0.39, 0.29) is 30.1 Å². The Bertz CT molecular complexity index is 579. The van der Waals surface area contributed by atoms with E-state index < -0.39 is 0 Å². The molecule has 0 radical (unpaired) electrons. The van der Waals surface area contributed by atoms with E-state index in [0.29, 0.717) is 0 Å². The van der Waals surface area contributed by atoms with E-state index in [1.54, 1.807) is 12.4 Å². The fourth-order valence-electron chi connectivity index (χ4n) is 4.08. The molecule has 2 saturated heterocycles. The third-order valence-electron chi connectivity index (χ3n) is 5.15. The molecule has 0 N–H and O–H groups in total. The van der Waals surface area contributed by atoms with Gasteiger partial charge in [-0.1, -0.05) is 13.8 Å². The average Bonchev–Trinajstić information content (AvgIpc) is 2.61. The second-order valence-corrected chi connectivity index (χ2v) is 7.76. The molecule has 0 unspecified atom stereocenters. The molecule has 2 aliphatic rings. The van der Waals surface area contributed by atoms with E-state index in [1.807, 2.05) is 11.0 Å². The summed E-state index contributed by atoms with van der Waals surface area (Å²) < 4.78 is 5.85. The number of hydrogen-bond acceptors (Lipinski definition) is 6. The normalized spacial score (nSPS) is 26.2. The fraction of sp³-hybridized carbons (Fsp3) is 0.737. The number of aromatic nitrogens is 2. The highest BCUT2D eigenvalue weighted by Gasteiger charge is 2.37. The van der Waals surface area contributed by atoms with Gasteiger partial charge in [-0.05, 0) is 25.8 Å². The van der Waals surface area contributed by atoms with Crippen molar-refractivity contribution in [2.24, 2.45) is 5.92 Å². The molecule has 0 aliphatic carbocycles. The molecule has 0 bridgehead atoms. The molecule has 3 rings (SSSR count). The molecule has 7 nitrogen and oxygen atoms in total. The first-order valence-corrected chi connectivity index (χ1v) is 9.66. The molecule has 3 atom stereocenters. The highest BCUT2D eigenvalue weighted by atomic mass is 16.5. The zero-order valence-corrected chi connectivity index (χ0v) is 16.3. The van der Waals surface area contributed by atoms with Crippen molar-refractivity contribution < 1.29 is 9.53 Å². The number of rotatable bonds is 4. The van der Waals surface area contributed by atoms with E-state index in [2.05, 4.69) is 47.5 Å². The van der Waals surface area contributed by atoms with Gasteiger partial charge in [0, 0.05) is 51.7 Å². The zero-order chi connectivity index (χ0) is 18.7. The fourth-order valence-corrected chi connectivity index (χ4v) is 4.08. The Morgan fingerprint density at radius 2 is 1.65 bits per heavy atom. The number of carbonyl (C=O) groups excluding carboxylic acids is 1. The van der Waals surface area contributed by atoms with Gasteiger partial charge in [0.15, 0.2) is 0 Å². The van der Waals surface area contributed by atoms with Gasteiger partial charge in [-0.25, -0.2) is 9.97 Å². The van der Waals surface area contributed by atoms with E-state index in [4.69, 9.17) is 4.74 Å². The number of ether oxygens (including phenoxy) is 1. The second kappa shape index (κ2) is 8.31. The number of anilines is 1. The van der Waals surface area contributed by atoms with Crippen LogP contribution in [0, 0.1) is 5.92 Å². The van der Waals surface area contributed by atoms with Crippen LogP contribution in [-0.4, -0.2) is 83.2 Å². The number of carbonyl (C=O) groups is 1. The topological polar surface area (TPSA) is 61.8 Å². The van der Waals surface area contributed by atoms with Gasteiger partial charge in [0.05, 0.1) is 18.2 Å². The zero-order valence-electron chi connectivity index (χ0n) is 16.3. The summed E-state index contributed by atoms with van der Waals surface area (Å²) in [4.78, 5) is 28.4. The molecule has 1 aromatic heterocycles.